The molecule has 2 atom stereocenters. The van der Waals surface area contributed by atoms with Crippen LogP contribution in [0.4, 0.5) is 0 Å². The lowest BCUT2D eigenvalue weighted by Crippen LogP contribution is -2.47. The van der Waals surface area contributed by atoms with Gasteiger partial charge >= 0.3 is 5.97 Å². The molecule has 2 fully saturated rings. The molecule has 3 heterocycles. The summed E-state index contributed by atoms with van der Waals surface area (Å²) in [5.74, 6) is 5.30. The second kappa shape index (κ2) is 18.0. The number of rotatable bonds is 16. The Kier molecular flexibility index (Phi) is 13.2. The number of amides is 2. The van der Waals surface area contributed by atoms with Crippen molar-refractivity contribution < 1.29 is 38.2 Å². The monoisotopic (exact) mass is 703 g/mol. The lowest BCUT2D eigenvalue weighted by atomic mass is 9.79. The number of ether oxygens (including phenoxy) is 3. The van der Waals surface area contributed by atoms with Gasteiger partial charge in [0.2, 0.25) is 11.8 Å². The second-order valence-corrected chi connectivity index (χ2v) is 13.6. The number of benzene rings is 2. The number of aliphatic hydroxyl groups excluding tert-OH is 1. The highest BCUT2D eigenvalue weighted by atomic mass is 32.2. The molecular weight excluding hydrogens is 658 g/mol. The molecule has 0 radical (unpaired) electrons. The van der Waals surface area contributed by atoms with E-state index in [4.69, 9.17) is 18.7 Å². The third-order valence-electron chi connectivity index (χ3n) is 9.43. The molecule has 11 nitrogen and oxygen atoms in total. The van der Waals surface area contributed by atoms with E-state index >= 15 is 0 Å². The SMILES string of the molecule is COC(=O)c1ccc(OCCOCCNC(=O)CCc2cccc(C#CO)c2C2CC3CCC(C2)N3C(=O)CSCc2c(C)noc2C)cc1. The Morgan fingerprint density at radius 3 is 2.50 bits per heavy atom. The average molecular weight is 704 g/mol. The Morgan fingerprint density at radius 1 is 1.06 bits per heavy atom. The molecule has 0 spiro atoms. The van der Waals surface area contributed by atoms with Crippen LogP contribution >= 0.6 is 11.8 Å². The molecule has 0 saturated carbocycles. The largest absolute Gasteiger partial charge is 0.491 e. The number of carbonyl (C=O) groups excluding carboxylic acids is 3. The van der Waals surface area contributed by atoms with Gasteiger partial charge in [0.1, 0.15) is 24.2 Å². The van der Waals surface area contributed by atoms with Gasteiger partial charge in [-0.2, -0.15) is 0 Å². The van der Waals surface area contributed by atoms with Crippen LogP contribution in [0.2, 0.25) is 0 Å². The summed E-state index contributed by atoms with van der Waals surface area (Å²) in [5, 5.41) is 16.5. The quantitative estimate of drug-likeness (QED) is 0.118. The van der Waals surface area contributed by atoms with Crippen molar-refractivity contribution >= 4 is 29.5 Å². The van der Waals surface area contributed by atoms with Crippen LogP contribution in [-0.2, 0) is 31.2 Å². The summed E-state index contributed by atoms with van der Waals surface area (Å²) < 4.78 is 21.2. The Hall–Kier alpha value is -4.47. The van der Waals surface area contributed by atoms with Crippen LogP contribution in [0, 0.1) is 25.9 Å². The maximum absolute atomic E-state index is 13.4. The Morgan fingerprint density at radius 2 is 1.82 bits per heavy atom. The van der Waals surface area contributed by atoms with E-state index < -0.39 is 5.97 Å². The molecule has 2 aliphatic heterocycles. The highest BCUT2D eigenvalue weighted by Crippen LogP contribution is 2.45. The van der Waals surface area contributed by atoms with E-state index in [2.05, 4.69) is 27.4 Å². The van der Waals surface area contributed by atoms with Crippen LogP contribution in [0.3, 0.4) is 0 Å². The molecule has 0 aliphatic carbocycles. The molecule has 1 aromatic heterocycles. The van der Waals surface area contributed by atoms with Gasteiger partial charge in [-0.05, 0) is 99.2 Å². The first-order chi connectivity index (χ1) is 24.3. The number of fused-ring (bicyclic) bond motifs is 2. The van der Waals surface area contributed by atoms with Crippen molar-refractivity contribution in [2.75, 3.05) is 39.2 Å². The van der Waals surface area contributed by atoms with Gasteiger partial charge in [-0.25, -0.2) is 4.79 Å². The summed E-state index contributed by atoms with van der Waals surface area (Å²) in [5.41, 5.74) is 5.29. The first kappa shape index (κ1) is 36.8. The summed E-state index contributed by atoms with van der Waals surface area (Å²) in [6, 6.07) is 12.9. The predicted octanol–water partition coefficient (Wildman–Crippen LogP) is 5.07. The number of aryl methyl sites for hydroxylation is 3. The lowest BCUT2D eigenvalue weighted by Gasteiger charge is -2.40. The molecule has 3 aromatic rings. The fourth-order valence-electron chi connectivity index (χ4n) is 7.05. The van der Waals surface area contributed by atoms with E-state index in [0.717, 1.165) is 59.4 Å². The zero-order valence-corrected chi connectivity index (χ0v) is 29.7. The number of carbonyl (C=O) groups is 3. The van der Waals surface area contributed by atoms with Crippen LogP contribution in [0.5, 0.6) is 5.75 Å². The number of piperidine rings is 1. The van der Waals surface area contributed by atoms with Gasteiger partial charge < -0.3 is 34.1 Å². The number of hydrogen-bond acceptors (Lipinski definition) is 10. The van der Waals surface area contributed by atoms with Gasteiger partial charge in [0, 0.05) is 41.9 Å². The van der Waals surface area contributed by atoms with Gasteiger partial charge in [0.15, 0.2) is 0 Å². The van der Waals surface area contributed by atoms with Crippen LogP contribution < -0.4 is 10.1 Å². The normalized spacial score (nSPS) is 17.9. The lowest BCUT2D eigenvalue weighted by molar-refractivity contribution is -0.132. The van der Waals surface area contributed by atoms with Crippen LogP contribution in [0.15, 0.2) is 47.0 Å². The molecular formula is C38H45N3O8S. The van der Waals surface area contributed by atoms with Crippen molar-refractivity contribution in [1.82, 2.24) is 15.4 Å². The topological polar surface area (TPSA) is 140 Å². The van der Waals surface area contributed by atoms with Crippen molar-refractivity contribution in [2.45, 2.75) is 76.1 Å². The molecule has 2 aliphatic rings. The maximum Gasteiger partial charge on any atom is 0.337 e. The van der Waals surface area contributed by atoms with Crippen molar-refractivity contribution in [3.05, 3.63) is 81.7 Å². The number of hydrogen-bond donors (Lipinski definition) is 2. The van der Waals surface area contributed by atoms with Gasteiger partial charge in [-0.3, -0.25) is 9.59 Å². The van der Waals surface area contributed by atoms with Crippen LogP contribution in [0.1, 0.15) is 82.1 Å². The Bertz CT molecular complexity index is 1660. The van der Waals surface area contributed by atoms with Gasteiger partial charge in [0.05, 0.1) is 37.3 Å². The van der Waals surface area contributed by atoms with Crippen LogP contribution in [-0.4, -0.2) is 84.3 Å². The van der Waals surface area contributed by atoms with Crippen molar-refractivity contribution in [2.24, 2.45) is 0 Å². The van der Waals surface area contributed by atoms with Gasteiger partial charge in [-0.15, -0.1) is 11.8 Å². The molecule has 2 saturated heterocycles. The highest BCUT2D eigenvalue weighted by molar-refractivity contribution is 7.99. The van der Waals surface area contributed by atoms with Gasteiger partial charge in [0.25, 0.3) is 0 Å². The van der Waals surface area contributed by atoms with E-state index in [1.165, 1.54) is 7.11 Å². The standard InChI is InChI=1S/C38H45N3O8S/c1-25-34(26(2)49-40-25)23-50-24-36(44)41-31-10-11-32(41)22-30(21-31)37-27(5-4-6-28(37)15-17-42)9-14-35(43)39-16-18-47-19-20-48-33-12-7-29(8-13-33)38(45)46-3/h4-8,12-13,30-32,42H,9-11,14,16,18-24H2,1-3H3,(H,39,43). The number of methoxy groups -OCH3 is 1. The van der Waals surface area contributed by atoms with E-state index in [-0.39, 0.29) is 29.8 Å². The van der Waals surface area contributed by atoms with E-state index in [1.54, 1.807) is 36.0 Å². The molecule has 2 aromatic carbocycles. The number of nitrogens with one attached hydrogen (secondary N) is 1. The molecule has 2 amide bonds. The van der Waals surface area contributed by atoms with Crippen molar-refractivity contribution in [1.29, 1.82) is 0 Å². The third kappa shape index (κ3) is 9.40. The Balaban J connectivity index is 1.07. The van der Waals surface area contributed by atoms with Gasteiger partial charge in [-0.1, -0.05) is 17.3 Å². The minimum atomic E-state index is -0.402. The Labute approximate surface area is 297 Å². The average Bonchev–Trinajstić information content (AvgIpc) is 3.59. The zero-order chi connectivity index (χ0) is 35.5. The number of aliphatic hydroxyl groups is 1. The fraction of sp³-hybridized carbons (Fsp3) is 0.474. The molecule has 50 heavy (non-hydrogen) atoms. The van der Waals surface area contributed by atoms with Crippen molar-refractivity contribution in [3.8, 4) is 17.8 Å². The molecule has 2 bridgehead atoms. The first-order valence-corrected chi connectivity index (χ1v) is 18.2. The fourth-order valence-corrected chi connectivity index (χ4v) is 8.09. The molecule has 2 unspecified atom stereocenters. The minimum Gasteiger partial charge on any atom is -0.491 e. The van der Waals surface area contributed by atoms with Crippen molar-refractivity contribution in [3.63, 3.8) is 0 Å². The molecule has 5 rings (SSSR count). The summed E-state index contributed by atoms with van der Waals surface area (Å²) in [6.45, 7) is 5.23. The summed E-state index contributed by atoms with van der Waals surface area (Å²) in [7, 11) is 1.34. The molecule has 266 valence electrons. The predicted molar refractivity (Wildman–Crippen MR) is 188 cm³/mol. The smallest absolute Gasteiger partial charge is 0.337 e. The summed E-state index contributed by atoms with van der Waals surface area (Å²) >= 11 is 1.60. The van der Waals surface area contributed by atoms with E-state index in [0.29, 0.717) is 62.0 Å². The molecule has 2 N–H and O–H groups in total. The van der Waals surface area contributed by atoms with E-state index in [9.17, 15) is 19.5 Å². The third-order valence-corrected chi connectivity index (χ3v) is 10.4. The highest BCUT2D eigenvalue weighted by Gasteiger charge is 2.44. The summed E-state index contributed by atoms with van der Waals surface area (Å²) in [4.78, 5) is 39.8. The first-order valence-electron chi connectivity index (χ1n) is 17.0. The molecule has 12 heteroatoms. The number of aromatic nitrogens is 1. The summed E-state index contributed by atoms with van der Waals surface area (Å²) in [6.07, 6.45) is 6.55. The number of thioether (sulfide) groups is 1. The zero-order valence-electron chi connectivity index (χ0n) is 28.9. The number of esters is 1. The number of nitrogens with zero attached hydrogens (tertiary/aromatic N) is 2. The second-order valence-electron chi connectivity index (χ2n) is 12.6. The minimum absolute atomic E-state index is 0.0743. The maximum atomic E-state index is 13.4. The van der Waals surface area contributed by atoms with Crippen LogP contribution in [0.25, 0.3) is 0 Å². The van der Waals surface area contributed by atoms with E-state index in [1.807, 2.05) is 32.0 Å².